The van der Waals surface area contributed by atoms with Gasteiger partial charge >= 0.3 is 5.91 Å². The maximum atomic E-state index is 13.5. The van der Waals surface area contributed by atoms with Crippen molar-refractivity contribution >= 4 is 55.7 Å². The van der Waals surface area contributed by atoms with Gasteiger partial charge in [-0.2, -0.15) is 0 Å². The molecule has 1 aromatic heterocycles. The number of Topliss-reactive ketones (excluding diaryl/α,β-unsaturated/α-hetero) is 1. The summed E-state index contributed by atoms with van der Waals surface area (Å²) < 4.78 is 12.4. The standard InChI is InChI=1S/C29H25ClN2O5S/c1-4-36-21-13-9-18(15-22(21)37-5-2)25-24(26(33)17-7-10-19(30)11-8-17)27(34)28(35)32(25)29-31-20-12-6-16(3)14-23(20)38-29/h6-15,25,33H,4-5H2,1-3H3/b26-24+. The topological polar surface area (TPSA) is 89.0 Å². The van der Waals surface area contributed by atoms with Crippen LogP contribution in [0.25, 0.3) is 16.0 Å². The minimum absolute atomic E-state index is 0.0423. The lowest BCUT2D eigenvalue weighted by atomic mass is 9.95. The van der Waals surface area contributed by atoms with Gasteiger partial charge < -0.3 is 14.6 Å². The van der Waals surface area contributed by atoms with Crippen LogP contribution < -0.4 is 14.4 Å². The molecule has 1 aliphatic heterocycles. The van der Waals surface area contributed by atoms with Crippen LogP contribution in [0.3, 0.4) is 0 Å². The van der Waals surface area contributed by atoms with E-state index in [1.807, 2.05) is 39.0 Å². The van der Waals surface area contributed by atoms with Crippen LogP contribution in [0.5, 0.6) is 11.5 Å². The molecule has 1 fully saturated rings. The Kier molecular flexibility index (Phi) is 7.10. The number of ketones is 1. The molecule has 1 saturated heterocycles. The van der Waals surface area contributed by atoms with Gasteiger partial charge in [-0.25, -0.2) is 4.98 Å². The highest BCUT2D eigenvalue weighted by Crippen LogP contribution is 2.46. The van der Waals surface area contributed by atoms with Gasteiger partial charge in [-0.05, 0) is 80.4 Å². The quantitative estimate of drug-likeness (QED) is 0.157. The van der Waals surface area contributed by atoms with Crippen molar-refractivity contribution in [3.63, 3.8) is 0 Å². The molecule has 3 aromatic carbocycles. The van der Waals surface area contributed by atoms with E-state index in [4.69, 9.17) is 21.1 Å². The van der Waals surface area contributed by atoms with E-state index in [0.29, 0.717) is 46.0 Å². The van der Waals surface area contributed by atoms with E-state index >= 15 is 0 Å². The molecule has 0 saturated carbocycles. The second-order valence-electron chi connectivity index (χ2n) is 8.72. The van der Waals surface area contributed by atoms with Crippen LogP contribution in [0.4, 0.5) is 5.13 Å². The van der Waals surface area contributed by atoms with Gasteiger partial charge in [-0.15, -0.1) is 0 Å². The number of aliphatic hydroxyl groups is 1. The molecule has 0 radical (unpaired) electrons. The molecule has 1 N–H and O–H groups in total. The van der Waals surface area contributed by atoms with E-state index in [-0.39, 0.29) is 11.3 Å². The highest BCUT2D eigenvalue weighted by Gasteiger charge is 2.48. The van der Waals surface area contributed by atoms with Crippen LogP contribution in [0, 0.1) is 6.92 Å². The Morgan fingerprint density at radius 1 is 1.00 bits per heavy atom. The van der Waals surface area contributed by atoms with Crippen LogP contribution in [0.2, 0.25) is 5.02 Å². The zero-order valence-corrected chi connectivity index (χ0v) is 22.6. The number of halogens is 1. The number of hydrogen-bond acceptors (Lipinski definition) is 7. The fourth-order valence-electron chi connectivity index (χ4n) is 4.47. The molecule has 4 aromatic rings. The number of aliphatic hydroxyl groups excluding tert-OH is 1. The Hall–Kier alpha value is -3.88. The molecule has 0 bridgehead atoms. The third-order valence-corrected chi connectivity index (χ3v) is 7.45. The molecule has 0 aliphatic carbocycles. The number of ether oxygens (including phenoxy) is 2. The van der Waals surface area contributed by atoms with E-state index in [2.05, 4.69) is 4.98 Å². The van der Waals surface area contributed by atoms with Crippen molar-refractivity contribution < 1.29 is 24.2 Å². The Bertz CT molecular complexity index is 1580. The van der Waals surface area contributed by atoms with Gasteiger partial charge in [-0.1, -0.05) is 35.1 Å². The summed E-state index contributed by atoms with van der Waals surface area (Å²) in [6.45, 7) is 6.55. The average Bonchev–Trinajstić information content (AvgIpc) is 3.43. The number of fused-ring (bicyclic) bond motifs is 1. The van der Waals surface area contributed by atoms with Crippen molar-refractivity contribution in [2.24, 2.45) is 0 Å². The van der Waals surface area contributed by atoms with Crippen molar-refractivity contribution in [3.05, 3.63) is 87.9 Å². The van der Waals surface area contributed by atoms with Crippen LogP contribution in [0.15, 0.2) is 66.2 Å². The molecule has 5 rings (SSSR count). The maximum Gasteiger partial charge on any atom is 0.301 e. The largest absolute Gasteiger partial charge is 0.507 e. The number of aromatic nitrogens is 1. The minimum atomic E-state index is -0.942. The van der Waals surface area contributed by atoms with E-state index < -0.39 is 17.7 Å². The smallest absolute Gasteiger partial charge is 0.301 e. The molecule has 38 heavy (non-hydrogen) atoms. The first kappa shape index (κ1) is 25.8. The summed E-state index contributed by atoms with van der Waals surface area (Å²) >= 11 is 7.35. The molecule has 1 atom stereocenters. The summed E-state index contributed by atoms with van der Waals surface area (Å²) in [6.07, 6.45) is 0. The Labute approximate surface area is 228 Å². The summed E-state index contributed by atoms with van der Waals surface area (Å²) in [5.74, 6) is -0.846. The molecule has 2 heterocycles. The van der Waals surface area contributed by atoms with Gasteiger partial charge in [0.1, 0.15) is 5.76 Å². The minimum Gasteiger partial charge on any atom is -0.507 e. The highest BCUT2D eigenvalue weighted by molar-refractivity contribution is 7.22. The molecule has 7 nitrogen and oxygen atoms in total. The molecular weight excluding hydrogens is 524 g/mol. The Morgan fingerprint density at radius 2 is 1.71 bits per heavy atom. The van der Waals surface area contributed by atoms with Gasteiger partial charge in [0, 0.05) is 10.6 Å². The summed E-state index contributed by atoms with van der Waals surface area (Å²) in [5.41, 5.74) is 2.67. The number of nitrogens with zero attached hydrogens (tertiary/aromatic N) is 2. The fraction of sp³-hybridized carbons (Fsp3) is 0.207. The van der Waals surface area contributed by atoms with Crippen molar-refractivity contribution in [3.8, 4) is 11.5 Å². The normalized spacial score (nSPS) is 16.8. The second kappa shape index (κ2) is 10.5. The predicted molar refractivity (Wildman–Crippen MR) is 149 cm³/mol. The first-order chi connectivity index (χ1) is 18.3. The van der Waals surface area contributed by atoms with E-state index in [0.717, 1.165) is 15.8 Å². The van der Waals surface area contributed by atoms with Gasteiger partial charge in [-0.3, -0.25) is 14.5 Å². The van der Waals surface area contributed by atoms with Gasteiger partial charge in [0.25, 0.3) is 5.78 Å². The van der Waals surface area contributed by atoms with Crippen LogP contribution >= 0.6 is 22.9 Å². The molecular formula is C29H25ClN2O5S. The monoisotopic (exact) mass is 548 g/mol. The molecule has 1 aliphatic rings. The zero-order valence-electron chi connectivity index (χ0n) is 21.0. The van der Waals surface area contributed by atoms with Crippen LogP contribution in [0.1, 0.15) is 36.6 Å². The number of carbonyl (C=O) groups is 2. The van der Waals surface area contributed by atoms with Crippen molar-refractivity contribution in [1.29, 1.82) is 0 Å². The molecule has 1 unspecified atom stereocenters. The predicted octanol–water partition coefficient (Wildman–Crippen LogP) is 6.68. The lowest BCUT2D eigenvalue weighted by Crippen LogP contribution is -2.29. The first-order valence-electron chi connectivity index (χ1n) is 12.2. The Morgan fingerprint density at radius 3 is 2.42 bits per heavy atom. The van der Waals surface area contributed by atoms with Crippen LogP contribution in [-0.4, -0.2) is 35.0 Å². The number of hydrogen-bond donors (Lipinski definition) is 1. The maximum absolute atomic E-state index is 13.5. The van der Waals surface area contributed by atoms with E-state index in [1.54, 1.807) is 42.5 Å². The van der Waals surface area contributed by atoms with Crippen molar-refractivity contribution in [2.75, 3.05) is 18.1 Å². The molecule has 0 spiro atoms. The van der Waals surface area contributed by atoms with E-state index in [9.17, 15) is 14.7 Å². The van der Waals surface area contributed by atoms with Gasteiger partial charge in [0.2, 0.25) is 0 Å². The van der Waals surface area contributed by atoms with Gasteiger partial charge in [0.05, 0.1) is 35.0 Å². The van der Waals surface area contributed by atoms with Gasteiger partial charge in [0.15, 0.2) is 16.6 Å². The zero-order chi connectivity index (χ0) is 27.0. The summed E-state index contributed by atoms with van der Waals surface area (Å²) in [5, 5.41) is 12.2. The SMILES string of the molecule is CCOc1ccc(C2/C(=C(\O)c3ccc(Cl)cc3)C(=O)C(=O)N2c2nc3ccc(C)cc3s2)cc1OCC. The number of carbonyl (C=O) groups excluding carboxylic acids is 2. The third-order valence-electron chi connectivity index (χ3n) is 6.18. The molecule has 1 amide bonds. The molecule has 194 valence electrons. The third kappa shape index (κ3) is 4.61. The summed E-state index contributed by atoms with van der Waals surface area (Å²) in [4.78, 5) is 33.1. The Balaban J connectivity index is 1.73. The highest BCUT2D eigenvalue weighted by atomic mass is 35.5. The number of benzene rings is 3. The second-order valence-corrected chi connectivity index (χ2v) is 10.2. The van der Waals surface area contributed by atoms with Crippen molar-refractivity contribution in [1.82, 2.24) is 4.98 Å². The summed E-state index contributed by atoms with van der Waals surface area (Å²) in [7, 11) is 0. The van der Waals surface area contributed by atoms with Crippen molar-refractivity contribution in [2.45, 2.75) is 26.8 Å². The number of rotatable bonds is 7. The lowest BCUT2D eigenvalue weighted by molar-refractivity contribution is -0.132. The summed E-state index contributed by atoms with van der Waals surface area (Å²) in [6, 6.07) is 16.6. The average molecular weight is 549 g/mol. The number of amides is 1. The number of thiazole rings is 1. The number of anilines is 1. The molecule has 9 heteroatoms. The number of aryl methyl sites for hydroxylation is 1. The lowest BCUT2D eigenvalue weighted by Gasteiger charge is -2.24. The fourth-order valence-corrected chi connectivity index (χ4v) is 5.69. The first-order valence-corrected chi connectivity index (χ1v) is 13.4. The van der Waals surface area contributed by atoms with E-state index in [1.165, 1.54) is 16.2 Å². The van der Waals surface area contributed by atoms with Crippen LogP contribution in [-0.2, 0) is 9.59 Å².